The van der Waals surface area contributed by atoms with E-state index in [0.29, 0.717) is 11.5 Å². The zero-order valence-corrected chi connectivity index (χ0v) is 15.9. The summed E-state index contributed by atoms with van der Waals surface area (Å²) in [5.41, 5.74) is 1.11. The number of phenolic OH excluding ortho intramolecular Hbond substituents is 1. The van der Waals surface area contributed by atoms with Crippen molar-refractivity contribution >= 4 is 0 Å². The molecule has 1 saturated heterocycles. The highest BCUT2D eigenvalue weighted by Gasteiger charge is 2.36. The van der Waals surface area contributed by atoms with Gasteiger partial charge in [-0.2, -0.15) is 0 Å². The molecule has 2 fully saturated rings. The normalized spacial score (nSPS) is 28.6. The SMILES string of the molecule is COc1cc(CN2CCN(C[C@H]3C[C@H]4C=C[C@@H]3C4)CC2)cc(OC)c1O. The molecule has 1 aromatic carbocycles. The van der Waals surface area contributed by atoms with Gasteiger partial charge >= 0.3 is 0 Å². The van der Waals surface area contributed by atoms with Crippen LogP contribution in [0.2, 0.25) is 0 Å². The Morgan fingerprint density at radius 2 is 1.62 bits per heavy atom. The summed E-state index contributed by atoms with van der Waals surface area (Å²) in [5, 5.41) is 10.1. The van der Waals surface area contributed by atoms with Crippen LogP contribution in [0.25, 0.3) is 0 Å². The molecule has 5 heteroatoms. The van der Waals surface area contributed by atoms with Crippen LogP contribution in [-0.4, -0.2) is 61.8 Å². The first-order valence-electron chi connectivity index (χ1n) is 9.73. The van der Waals surface area contributed by atoms with Crippen molar-refractivity contribution in [3.8, 4) is 17.2 Å². The fraction of sp³-hybridized carbons (Fsp3) is 0.619. The van der Waals surface area contributed by atoms with Crippen LogP contribution in [0.1, 0.15) is 18.4 Å². The number of allylic oxidation sites excluding steroid dienone is 2. The Labute approximate surface area is 156 Å². The first-order valence-corrected chi connectivity index (χ1v) is 9.73. The highest BCUT2D eigenvalue weighted by Crippen LogP contribution is 2.43. The number of benzene rings is 1. The Kier molecular flexibility index (Phi) is 5.09. The largest absolute Gasteiger partial charge is 0.502 e. The summed E-state index contributed by atoms with van der Waals surface area (Å²) >= 11 is 0. The van der Waals surface area contributed by atoms with Crippen molar-refractivity contribution in [2.24, 2.45) is 17.8 Å². The third-order valence-electron chi connectivity index (χ3n) is 6.32. The molecule has 2 bridgehead atoms. The van der Waals surface area contributed by atoms with Crippen molar-refractivity contribution in [3.05, 3.63) is 29.8 Å². The second kappa shape index (κ2) is 7.49. The average molecular weight is 358 g/mol. The van der Waals surface area contributed by atoms with E-state index in [9.17, 15) is 5.11 Å². The van der Waals surface area contributed by atoms with Crippen LogP contribution in [0, 0.1) is 17.8 Å². The summed E-state index contributed by atoms with van der Waals surface area (Å²) in [5.74, 6) is 3.61. The first kappa shape index (κ1) is 17.7. The van der Waals surface area contributed by atoms with Crippen LogP contribution >= 0.6 is 0 Å². The molecule has 5 nitrogen and oxygen atoms in total. The van der Waals surface area contributed by atoms with Gasteiger partial charge in [-0.05, 0) is 48.3 Å². The third-order valence-corrected chi connectivity index (χ3v) is 6.32. The van der Waals surface area contributed by atoms with Gasteiger partial charge in [0.15, 0.2) is 11.5 Å². The number of piperazine rings is 1. The number of ether oxygens (including phenoxy) is 2. The minimum atomic E-state index is 0.0727. The molecule has 142 valence electrons. The van der Waals surface area contributed by atoms with E-state index in [1.54, 1.807) is 14.2 Å². The van der Waals surface area contributed by atoms with E-state index < -0.39 is 0 Å². The van der Waals surface area contributed by atoms with Crippen LogP contribution in [-0.2, 0) is 6.54 Å². The topological polar surface area (TPSA) is 45.2 Å². The van der Waals surface area contributed by atoms with E-state index in [-0.39, 0.29) is 5.75 Å². The molecule has 3 atom stereocenters. The second-order valence-corrected chi connectivity index (χ2v) is 7.97. The molecule has 1 saturated carbocycles. The predicted molar refractivity (Wildman–Crippen MR) is 102 cm³/mol. The van der Waals surface area contributed by atoms with E-state index in [2.05, 4.69) is 22.0 Å². The molecule has 3 aliphatic rings. The third kappa shape index (κ3) is 3.55. The maximum atomic E-state index is 10.1. The van der Waals surface area contributed by atoms with E-state index in [0.717, 1.165) is 56.0 Å². The summed E-state index contributed by atoms with van der Waals surface area (Å²) in [7, 11) is 3.14. The number of hydrogen-bond acceptors (Lipinski definition) is 5. The van der Waals surface area contributed by atoms with Gasteiger partial charge in [-0.1, -0.05) is 12.2 Å². The van der Waals surface area contributed by atoms with Crippen LogP contribution in [0.3, 0.4) is 0 Å². The van der Waals surface area contributed by atoms with Crippen LogP contribution in [0.15, 0.2) is 24.3 Å². The maximum Gasteiger partial charge on any atom is 0.200 e. The van der Waals surface area contributed by atoms with Crippen LogP contribution in [0.5, 0.6) is 17.2 Å². The molecule has 4 rings (SSSR count). The molecular formula is C21H30N2O3. The summed E-state index contributed by atoms with van der Waals surface area (Å²) in [6, 6.07) is 3.82. The van der Waals surface area contributed by atoms with E-state index in [1.807, 2.05) is 12.1 Å². The van der Waals surface area contributed by atoms with Crippen LogP contribution < -0.4 is 9.47 Å². The predicted octanol–water partition coefficient (Wildman–Crippen LogP) is 2.74. The number of nitrogens with zero attached hydrogens (tertiary/aromatic N) is 2. The quantitative estimate of drug-likeness (QED) is 0.792. The summed E-state index contributed by atoms with van der Waals surface area (Å²) in [4.78, 5) is 5.12. The van der Waals surface area contributed by atoms with Gasteiger partial charge in [0.05, 0.1) is 14.2 Å². The summed E-state index contributed by atoms with van der Waals surface area (Å²) in [6.07, 6.45) is 7.68. The lowest BCUT2D eigenvalue weighted by molar-refractivity contribution is 0.108. The standard InChI is InChI=1S/C21H30N2O3/c1-25-19-11-16(12-20(26-2)21(19)24)13-22-5-7-23(8-6-22)14-18-10-15-3-4-17(18)9-15/h3-4,11-12,15,17-18,24H,5-10,13-14H2,1-2H3/t15-,17+,18+/m0/s1. The molecule has 1 N–H and O–H groups in total. The summed E-state index contributed by atoms with van der Waals surface area (Å²) < 4.78 is 10.5. The van der Waals surface area contributed by atoms with Crippen molar-refractivity contribution in [3.63, 3.8) is 0 Å². The zero-order chi connectivity index (χ0) is 18.1. The molecule has 0 aromatic heterocycles. The molecular weight excluding hydrogens is 328 g/mol. The lowest BCUT2D eigenvalue weighted by Gasteiger charge is -2.37. The van der Waals surface area contributed by atoms with E-state index >= 15 is 0 Å². The maximum absolute atomic E-state index is 10.1. The van der Waals surface area contributed by atoms with Gasteiger partial charge < -0.3 is 19.5 Å². The van der Waals surface area contributed by atoms with E-state index in [1.165, 1.54) is 19.4 Å². The lowest BCUT2D eigenvalue weighted by atomic mass is 9.93. The first-order chi connectivity index (χ1) is 12.7. The highest BCUT2D eigenvalue weighted by molar-refractivity contribution is 5.52. The Balaban J connectivity index is 1.30. The fourth-order valence-electron chi connectivity index (χ4n) is 4.86. The number of rotatable bonds is 6. The van der Waals surface area contributed by atoms with Crippen molar-refractivity contribution in [1.82, 2.24) is 9.80 Å². The Morgan fingerprint density at radius 3 is 2.15 bits per heavy atom. The van der Waals surface area contributed by atoms with Gasteiger partial charge in [-0.3, -0.25) is 4.90 Å². The Hall–Kier alpha value is -1.72. The molecule has 0 unspecified atom stereocenters. The summed E-state index contributed by atoms with van der Waals surface area (Å²) in [6.45, 7) is 6.58. The number of phenols is 1. The van der Waals surface area contributed by atoms with Gasteiger partial charge in [0.1, 0.15) is 0 Å². The molecule has 26 heavy (non-hydrogen) atoms. The number of fused-ring (bicyclic) bond motifs is 2. The van der Waals surface area contributed by atoms with E-state index in [4.69, 9.17) is 9.47 Å². The molecule has 0 radical (unpaired) electrons. The van der Waals surface area contributed by atoms with Crippen molar-refractivity contribution in [2.45, 2.75) is 19.4 Å². The van der Waals surface area contributed by atoms with Gasteiger partial charge in [0.25, 0.3) is 0 Å². The molecule has 1 aliphatic heterocycles. The van der Waals surface area contributed by atoms with Gasteiger partial charge in [0.2, 0.25) is 5.75 Å². The highest BCUT2D eigenvalue weighted by atomic mass is 16.5. The molecule has 1 heterocycles. The number of methoxy groups -OCH3 is 2. The Morgan fingerprint density at radius 1 is 0.962 bits per heavy atom. The smallest absolute Gasteiger partial charge is 0.200 e. The molecule has 2 aliphatic carbocycles. The average Bonchev–Trinajstić information content (AvgIpc) is 3.27. The Bertz CT molecular complexity index is 642. The molecule has 1 aromatic rings. The second-order valence-electron chi connectivity index (χ2n) is 7.97. The molecule has 0 amide bonds. The monoisotopic (exact) mass is 358 g/mol. The van der Waals surface area contributed by atoms with Crippen molar-refractivity contribution in [1.29, 1.82) is 0 Å². The van der Waals surface area contributed by atoms with Crippen molar-refractivity contribution in [2.75, 3.05) is 46.9 Å². The van der Waals surface area contributed by atoms with Gasteiger partial charge in [-0.25, -0.2) is 0 Å². The molecule has 0 spiro atoms. The zero-order valence-electron chi connectivity index (χ0n) is 15.9. The van der Waals surface area contributed by atoms with Gasteiger partial charge in [-0.15, -0.1) is 0 Å². The van der Waals surface area contributed by atoms with Crippen molar-refractivity contribution < 1.29 is 14.6 Å². The minimum Gasteiger partial charge on any atom is -0.502 e. The minimum absolute atomic E-state index is 0.0727. The lowest BCUT2D eigenvalue weighted by Crippen LogP contribution is -2.47. The number of hydrogen-bond donors (Lipinski definition) is 1. The van der Waals surface area contributed by atoms with Crippen LogP contribution in [0.4, 0.5) is 0 Å². The van der Waals surface area contributed by atoms with Gasteiger partial charge in [0, 0.05) is 39.3 Å². The fourth-order valence-corrected chi connectivity index (χ4v) is 4.86. The number of aromatic hydroxyl groups is 1.